The summed E-state index contributed by atoms with van der Waals surface area (Å²) in [5.74, 6) is 2.18. The summed E-state index contributed by atoms with van der Waals surface area (Å²) in [6.45, 7) is 0. The van der Waals surface area contributed by atoms with E-state index in [0.29, 0.717) is 23.6 Å². The van der Waals surface area contributed by atoms with Crippen molar-refractivity contribution in [3.05, 3.63) is 47.0 Å². The van der Waals surface area contributed by atoms with Crippen LogP contribution in [0, 0.1) is 17.2 Å². The van der Waals surface area contributed by atoms with E-state index in [9.17, 15) is 0 Å². The fourth-order valence-electron chi connectivity index (χ4n) is 3.47. The van der Waals surface area contributed by atoms with Gasteiger partial charge in [0.25, 0.3) is 0 Å². The Balaban J connectivity index is 1.72. The molecule has 3 atom stereocenters. The monoisotopic (exact) mass is 251 g/mol. The maximum absolute atomic E-state index is 8.90. The lowest BCUT2D eigenvalue weighted by atomic mass is 9.92. The molecule has 0 bridgehead atoms. The maximum Gasteiger partial charge on any atom is 0.229 e. The van der Waals surface area contributed by atoms with Crippen LogP contribution >= 0.6 is 0 Å². The molecule has 0 radical (unpaired) electrons. The molecule has 0 amide bonds. The SMILES string of the molecule is N#Cc1nc(C2C3CCc4ccccc4C32)oc1N. The summed E-state index contributed by atoms with van der Waals surface area (Å²) in [5.41, 5.74) is 8.72. The number of nitrogens with two attached hydrogens (primary N) is 1. The van der Waals surface area contributed by atoms with Crippen LogP contribution in [0.1, 0.15) is 41.0 Å². The van der Waals surface area contributed by atoms with Crippen molar-refractivity contribution >= 4 is 5.88 Å². The Kier molecular flexibility index (Phi) is 2.02. The number of oxazole rings is 1. The Morgan fingerprint density at radius 1 is 1.32 bits per heavy atom. The van der Waals surface area contributed by atoms with Gasteiger partial charge in [-0.25, -0.2) is 4.98 Å². The van der Waals surface area contributed by atoms with Crippen LogP contribution in [0.25, 0.3) is 0 Å². The summed E-state index contributed by atoms with van der Waals surface area (Å²) in [5, 5.41) is 8.90. The highest BCUT2D eigenvalue weighted by Crippen LogP contribution is 2.65. The predicted octanol–water partition coefficient (Wildman–Crippen LogP) is 2.57. The Morgan fingerprint density at radius 3 is 2.95 bits per heavy atom. The fourth-order valence-corrected chi connectivity index (χ4v) is 3.47. The number of nitriles is 1. The molecule has 2 aliphatic rings. The first-order valence-electron chi connectivity index (χ1n) is 6.53. The highest BCUT2D eigenvalue weighted by atomic mass is 16.4. The van der Waals surface area contributed by atoms with E-state index in [1.165, 1.54) is 11.1 Å². The van der Waals surface area contributed by atoms with Crippen LogP contribution in [0.5, 0.6) is 0 Å². The summed E-state index contributed by atoms with van der Waals surface area (Å²) in [7, 11) is 0. The third kappa shape index (κ3) is 1.42. The molecule has 3 unspecified atom stereocenters. The molecule has 1 aromatic heterocycles. The van der Waals surface area contributed by atoms with Gasteiger partial charge in [-0.3, -0.25) is 0 Å². The molecule has 94 valence electrons. The molecule has 0 aliphatic heterocycles. The molecule has 1 saturated carbocycles. The normalized spacial score (nSPS) is 27.2. The summed E-state index contributed by atoms with van der Waals surface area (Å²) in [4.78, 5) is 4.23. The first-order chi connectivity index (χ1) is 9.29. The average molecular weight is 251 g/mol. The van der Waals surface area contributed by atoms with E-state index in [4.69, 9.17) is 15.4 Å². The zero-order valence-corrected chi connectivity index (χ0v) is 10.3. The van der Waals surface area contributed by atoms with Crippen molar-refractivity contribution < 1.29 is 4.42 Å². The molecular weight excluding hydrogens is 238 g/mol. The van der Waals surface area contributed by atoms with E-state index in [1.54, 1.807) is 0 Å². The van der Waals surface area contributed by atoms with E-state index in [0.717, 1.165) is 12.8 Å². The Bertz CT molecular complexity index is 698. The number of fused-ring (bicyclic) bond motifs is 3. The largest absolute Gasteiger partial charge is 0.424 e. The van der Waals surface area contributed by atoms with Gasteiger partial charge in [-0.1, -0.05) is 24.3 Å². The molecule has 0 spiro atoms. The molecule has 4 heteroatoms. The van der Waals surface area contributed by atoms with Gasteiger partial charge in [-0.2, -0.15) is 5.26 Å². The number of nitrogen functional groups attached to an aromatic ring is 1. The summed E-state index contributed by atoms with van der Waals surface area (Å²) < 4.78 is 5.48. The zero-order valence-electron chi connectivity index (χ0n) is 10.3. The van der Waals surface area contributed by atoms with Crippen molar-refractivity contribution in [1.29, 1.82) is 5.26 Å². The first-order valence-corrected chi connectivity index (χ1v) is 6.53. The second-order valence-corrected chi connectivity index (χ2v) is 5.33. The second-order valence-electron chi connectivity index (χ2n) is 5.33. The highest BCUT2D eigenvalue weighted by Gasteiger charge is 2.56. The molecular formula is C15H13N3O. The molecule has 19 heavy (non-hydrogen) atoms. The molecule has 4 nitrogen and oxygen atoms in total. The standard InChI is InChI=1S/C15H13N3O/c16-7-11-14(17)19-15(18-11)13-10-6-5-8-3-1-2-4-9(8)12(10)13/h1-4,10,12-13H,5-6,17H2. The minimum atomic E-state index is 0.148. The van der Waals surface area contributed by atoms with Crippen LogP contribution in [-0.2, 0) is 6.42 Å². The van der Waals surface area contributed by atoms with Crippen molar-refractivity contribution in [2.45, 2.75) is 24.7 Å². The van der Waals surface area contributed by atoms with Crippen molar-refractivity contribution in [1.82, 2.24) is 4.98 Å². The number of rotatable bonds is 1. The lowest BCUT2D eigenvalue weighted by Crippen LogP contribution is -2.00. The van der Waals surface area contributed by atoms with Crippen molar-refractivity contribution in [2.75, 3.05) is 5.73 Å². The lowest BCUT2D eigenvalue weighted by Gasteiger charge is -2.13. The minimum Gasteiger partial charge on any atom is -0.424 e. The van der Waals surface area contributed by atoms with Crippen LogP contribution in [-0.4, -0.2) is 4.98 Å². The van der Waals surface area contributed by atoms with E-state index in [1.807, 2.05) is 6.07 Å². The quantitative estimate of drug-likeness (QED) is 0.845. The first kappa shape index (κ1) is 10.6. The van der Waals surface area contributed by atoms with Gasteiger partial charge < -0.3 is 10.2 Å². The topological polar surface area (TPSA) is 75.8 Å². The van der Waals surface area contributed by atoms with Crippen LogP contribution in [0.3, 0.4) is 0 Å². The smallest absolute Gasteiger partial charge is 0.229 e. The molecule has 1 heterocycles. The molecule has 2 aliphatic carbocycles. The molecule has 2 aromatic rings. The Morgan fingerprint density at radius 2 is 2.16 bits per heavy atom. The van der Waals surface area contributed by atoms with Crippen LogP contribution in [0.15, 0.2) is 28.7 Å². The van der Waals surface area contributed by atoms with E-state index in [-0.39, 0.29) is 11.6 Å². The van der Waals surface area contributed by atoms with E-state index in [2.05, 4.69) is 29.2 Å². The van der Waals surface area contributed by atoms with Crippen molar-refractivity contribution in [2.24, 2.45) is 5.92 Å². The summed E-state index contributed by atoms with van der Waals surface area (Å²) in [6, 6.07) is 10.5. The molecule has 4 rings (SSSR count). The van der Waals surface area contributed by atoms with E-state index < -0.39 is 0 Å². The van der Waals surface area contributed by atoms with Crippen LogP contribution < -0.4 is 5.73 Å². The van der Waals surface area contributed by atoms with Crippen molar-refractivity contribution in [3.8, 4) is 6.07 Å². The van der Waals surface area contributed by atoms with Gasteiger partial charge in [0, 0.05) is 5.92 Å². The van der Waals surface area contributed by atoms with Gasteiger partial charge in [-0.05, 0) is 35.8 Å². The minimum absolute atomic E-state index is 0.148. The van der Waals surface area contributed by atoms with Gasteiger partial charge in [0.05, 0.1) is 0 Å². The number of hydrogen-bond donors (Lipinski definition) is 1. The summed E-state index contributed by atoms with van der Waals surface area (Å²) in [6.07, 6.45) is 2.28. The number of hydrogen-bond acceptors (Lipinski definition) is 4. The Hall–Kier alpha value is -2.28. The van der Waals surface area contributed by atoms with Gasteiger partial charge >= 0.3 is 0 Å². The number of nitrogens with zero attached hydrogens (tertiary/aromatic N) is 2. The number of aromatic nitrogens is 1. The van der Waals surface area contributed by atoms with Gasteiger partial charge in [0.1, 0.15) is 6.07 Å². The Labute approximate surface area is 110 Å². The zero-order chi connectivity index (χ0) is 13.0. The highest BCUT2D eigenvalue weighted by molar-refractivity contribution is 5.46. The maximum atomic E-state index is 8.90. The van der Waals surface area contributed by atoms with Gasteiger partial charge in [-0.15, -0.1) is 0 Å². The second kappa shape index (κ2) is 3.61. The molecule has 1 fully saturated rings. The average Bonchev–Trinajstić information content (AvgIpc) is 3.07. The molecule has 2 N–H and O–H groups in total. The predicted molar refractivity (Wildman–Crippen MR) is 69.4 cm³/mol. The summed E-state index contributed by atoms with van der Waals surface area (Å²) >= 11 is 0. The van der Waals surface area contributed by atoms with Crippen LogP contribution in [0.2, 0.25) is 0 Å². The third-order valence-corrected chi connectivity index (χ3v) is 4.39. The third-order valence-electron chi connectivity index (χ3n) is 4.39. The van der Waals surface area contributed by atoms with Gasteiger partial charge in [0.15, 0.2) is 0 Å². The number of aryl methyl sites for hydroxylation is 1. The lowest BCUT2D eigenvalue weighted by molar-refractivity contribution is 0.499. The van der Waals surface area contributed by atoms with Crippen molar-refractivity contribution in [3.63, 3.8) is 0 Å². The van der Waals surface area contributed by atoms with Gasteiger partial charge in [0.2, 0.25) is 17.5 Å². The molecule has 0 saturated heterocycles. The van der Waals surface area contributed by atoms with Crippen LogP contribution in [0.4, 0.5) is 5.88 Å². The number of benzene rings is 1. The number of anilines is 1. The molecule has 1 aromatic carbocycles. The fraction of sp³-hybridized carbons (Fsp3) is 0.333. The van der Waals surface area contributed by atoms with E-state index >= 15 is 0 Å².